The first kappa shape index (κ1) is 16.0. The fraction of sp³-hybridized carbons (Fsp3) is 0.278. The molecule has 0 fully saturated rings. The molecule has 3 nitrogen and oxygen atoms in total. The van der Waals surface area contributed by atoms with Crippen LogP contribution in [0.1, 0.15) is 24.5 Å². The molecule has 0 aliphatic carbocycles. The van der Waals surface area contributed by atoms with Gasteiger partial charge in [0.15, 0.2) is 5.82 Å². The molecule has 0 radical (unpaired) electrons. The van der Waals surface area contributed by atoms with Crippen LogP contribution >= 0.6 is 15.9 Å². The molecule has 2 aromatic carbocycles. The van der Waals surface area contributed by atoms with E-state index < -0.39 is 11.9 Å². The summed E-state index contributed by atoms with van der Waals surface area (Å²) in [6.07, 6.45) is 1.02. The molecule has 2 aromatic rings. The van der Waals surface area contributed by atoms with Crippen molar-refractivity contribution in [3.63, 3.8) is 0 Å². The van der Waals surface area contributed by atoms with Crippen LogP contribution in [0.5, 0.6) is 0 Å². The summed E-state index contributed by atoms with van der Waals surface area (Å²) in [7, 11) is 0. The number of ether oxygens (including phenoxy) is 1. The lowest BCUT2D eigenvalue weighted by molar-refractivity contribution is 0.144. The summed E-state index contributed by atoms with van der Waals surface area (Å²) in [4.78, 5) is 14.0. The molecule has 23 heavy (non-hydrogen) atoms. The van der Waals surface area contributed by atoms with E-state index >= 15 is 0 Å². The lowest BCUT2D eigenvalue weighted by atomic mass is 9.97. The summed E-state index contributed by atoms with van der Waals surface area (Å²) < 4.78 is 20.3. The van der Waals surface area contributed by atoms with Crippen LogP contribution < -0.4 is 4.90 Å². The van der Waals surface area contributed by atoms with Crippen LogP contribution in [-0.4, -0.2) is 12.1 Å². The van der Waals surface area contributed by atoms with Crippen molar-refractivity contribution in [1.29, 1.82) is 0 Å². The van der Waals surface area contributed by atoms with Crippen LogP contribution in [0.25, 0.3) is 0 Å². The van der Waals surface area contributed by atoms with Gasteiger partial charge in [-0.1, -0.05) is 36.4 Å². The number of benzene rings is 2. The molecule has 0 bridgehead atoms. The Morgan fingerprint density at radius 1 is 1.30 bits per heavy atom. The van der Waals surface area contributed by atoms with Crippen molar-refractivity contribution in [2.24, 2.45) is 0 Å². The Balaban J connectivity index is 1.84. The Bertz CT molecular complexity index is 720. The molecular formula is C18H17BrFNO2. The first-order chi connectivity index (χ1) is 11.1. The van der Waals surface area contributed by atoms with Crippen molar-refractivity contribution in [2.45, 2.75) is 32.4 Å². The van der Waals surface area contributed by atoms with Gasteiger partial charge in [0.2, 0.25) is 0 Å². The lowest BCUT2D eigenvalue weighted by Crippen LogP contribution is -2.43. The van der Waals surface area contributed by atoms with Crippen molar-refractivity contribution in [2.75, 3.05) is 4.90 Å². The summed E-state index contributed by atoms with van der Waals surface area (Å²) in [5.41, 5.74) is 2.07. The van der Waals surface area contributed by atoms with Gasteiger partial charge in [0.1, 0.15) is 6.61 Å². The number of amides is 1. The zero-order valence-corrected chi connectivity index (χ0v) is 14.3. The molecular weight excluding hydrogens is 361 g/mol. The van der Waals surface area contributed by atoms with Crippen LogP contribution in [0, 0.1) is 5.82 Å². The lowest BCUT2D eigenvalue weighted by Gasteiger charge is -2.34. The van der Waals surface area contributed by atoms with Gasteiger partial charge in [-0.3, -0.25) is 4.90 Å². The average molecular weight is 378 g/mol. The van der Waals surface area contributed by atoms with Gasteiger partial charge in [0.25, 0.3) is 0 Å². The van der Waals surface area contributed by atoms with Crippen LogP contribution in [-0.2, 0) is 17.8 Å². The molecule has 1 unspecified atom stereocenters. The molecule has 1 amide bonds. The topological polar surface area (TPSA) is 29.5 Å². The average Bonchev–Trinajstić information content (AvgIpc) is 2.57. The predicted octanol–water partition coefficient (Wildman–Crippen LogP) is 5.07. The highest BCUT2D eigenvalue weighted by Gasteiger charge is 2.32. The standard InChI is InChI=1S/C18H17BrFNO2/c1-12-7-8-14-9-10-15(19)16(20)17(14)21(12)18(22)23-11-13-5-3-2-4-6-13/h2-6,9-10,12H,7-8,11H2,1H3. The predicted molar refractivity (Wildman–Crippen MR) is 91.0 cm³/mol. The van der Waals surface area contributed by atoms with Crippen molar-refractivity contribution < 1.29 is 13.9 Å². The Kier molecular flexibility index (Phi) is 4.66. The van der Waals surface area contributed by atoms with Gasteiger partial charge in [0, 0.05) is 6.04 Å². The van der Waals surface area contributed by atoms with Gasteiger partial charge in [-0.15, -0.1) is 0 Å². The van der Waals surface area contributed by atoms with Gasteiger partial charge in [0.05, 0.1) is 10.2 Å². The second-order valence-corrected chi connectivity index (χ2v) is 6.52. The zero-order valence-electron chi connectivity index (χ0n) is 12.8. The molecule has 0 saturated carbocycles. The fourth-order valence-corrected chi connectivity index (χ4v) is 3.14. The van der Waals surface area contributed by atoms with Gasteiger partial charge in [-0.2, -0.15) is 0 Å². The zero-order chi connectivity index (χ0) is 16.4. The molecule has 3 rings (SSSR count). The van der Waals surface area contributed by atoms with Crippen LogP contribution in [0.3, 0.4) is 0 Å². The Labute approximate surface area is 143 Å². The summed E-state index contributed by atoms with van der Waals surface area (Å²) >= 11 is 3.19. The number of carbonyl (C=O) groups is 1. The van der Waals surface area contributed by atoms with E-state index in [1.54, 1.807) is 6.07 Å². The number of rotatable bonds is 2. The van der Waals surface area contributed by atoms with Crippen molar-refractivity contribution in [1.82, 2.24) is 0 Å². The van der Waals surface area contributed by atoms with Crippen molar-refractivity contribution >= 4 is 27.7 Å². The largest absolute Gasteiger partial charge is 0.444 e. The first-order valence-electron chi connectivity index (χ1n) is 7.54. The Hall–Kier alpha value is -1.88. The molecule has 1 heterocycles. The quantitative estimate of drug-likeness (QED) is 0.731. The second-order valence-electron chi connectivity index (χ2n) is 5.67. The molecule has 0 spiro atoms. The third-order valence-electron chi connectivity index (χ3n) is 4.07. The number of fused-ring (bicyclic) bond motifs is 1. The van der Waals surface area contributed by atoms with E-state index in [-0.39, 0.29) is 12.6 Å². The molecule has 0 saturated heterocycles. The molecule has 5 heteroatoms. The number of anilines is 1. The minimum Gasteiger partial charge on any atom is -0.444 e. The van der Waals surface area contributed by atoms with Crippen LogP contribution in [0.15, 0.2) is 46.9 Å². The maximum atomic E-state index is 14.5. The number of hydrogen-bond donors (Lipinski definition) is 0. The second kappa shape index (κ2) is 6.71. The minimum absolute atomic E-state index is 0.102. The van der Waals surface area contributed by atoms with Crippen molar-refractivity contribution in [3.05, 3.63) is 63.9 Å². The molecule has 1 atom stereocenters. The van der Waals surface area contributed by atoms with E-state index in [4.69, 9.17) is 4.74 Å². The maximum absolute atomic E-state index is 14.5. The van der Waals surface area contributed by atoms with Crippen LogP contribution in [0.4, 0.5) is 14.9 Å². The summed E-state index contributed by atoms with van der Waals surface area (Å²) in [5.74, 6) is -0.411. The smallest absolute Gasteiger partial charge is 0.414 e. The van der Waals surface area contributed by atoms with Crippen LogP contribution in [0.2, 0.25) is 0 Å². The Morgan fingerprint density at radius 2 is 2.04 bits per heavy atom. The maximum Gasteiger partial charge on any atom is 0.414 e. The molecule has 1 aliphatic rings. The molecule has 0 aromatic heterocycles. The number of halogens is 2. The first-order valence-corrected chi connectivity index (χ1v) is 8.34. The Morgan fingerprint density at radius 3 is 2.78 bits per heavy atom. The summed E-state index contributed by atoms with van der Waals surface area (Å²) in [5, 5.41) is 0. The third kappa shape index (κ3) is 3.24. The number of carbonyl (C=O) groups excluding carboxylic acids is 1. The summed E-state index contributed by atoms with van der Waals surface area (Å²) in [6.45, 7) is 2.08. The SMILES string of the molecule is CC1CCc2ccc(Br)c(F)c2N1C(=O)OCc1ccccc1. The van der Waals surface area contributed by atoms with Gasteiger partial charge in [-0.25, -0.2) is 9.18 Å². The van der Waals surface area contributed by atoms with Gasteiger partial charge < -0.3 is 4.74 Å². The fourth-order valence-electron chi connectivity index (χ4n) is 2.82. The highest BCUT2D eigenvalue weighted by molar-refractivity contribution is 9.10. The molecule has 120 valence electrons. The number of aryl methyl sites for hydroxylation is 1. The number of hydrogen-bond acceptors (Lipinski definition) is 2. The number of nitrogens with zero attached hydrogens (tertiary/aromatic N) is 1. The van der Waals surface area contributed by atoms with E-state index in [1.165, 1.54) is 4.90 Å². The van der Waals surface area contributed by atoms with Crippen molar-refractivity contribution in [3.8, 4) is 0 Å². The normalized spacial score (nSPS) is 16.8. The van der Waals surface area contributed by atoms with Gasteiger partial charge >= 0.3 is 6.09 Å². The van der Waals surface area contributed by atoms with E-state index in [0.29, 0.717) is 10.2 Å². The van der Waals surface area contributed by atoms with E-state index in [0.717, 1.165) is 24.0 Å². The minimum atomic E-state index is -0.515. The highest BCUT2D eigenvalue weighted by Crippen LogP contribution is 2.36. The van der Waals surface area contributed by atoms with Gasteiger partial charge in [-0.05, 0) is 52.9 Å². The summed E-state index contributed by atoms with van der Waals surface area (Å²) in [6, 6.07) is 12.9. The highest BCUT2D eigenvalue weighted by atomic mass is 79.9. The van der Waals surface area contributed by atoms with E-state index in [2.05, 4.69) is 15.9 Å². The monoisotopic (exact) mass is 377 g/mol. The molecule has 1 aliphatic heterocycles. The van der Waals surface area contributed by atoms with E-state index in [9.17, 15) is 9.18 Å². The molecule has 0 N–H and O–H groups in total. The third-order valence-corrected chi connectivity index (χ3v) is 4.68. The van der Waals surface area contributed by atoms with E-state index in [1.807, 2.05) is 43.3 Å².